The molecule has 0 radical (unpaired) electrons. The van der Waals surface area contributed by atoms with Gasteiger partial charge in [0.15, 0.2) is 0 Å². The Morgan fingerprint density at radius 1 is 1.04 bits per heavy atom. The molecule has 4 nitrogen and oxygen atoms in total. The van der Waals surface area contributed by atoms with Gasteiger partial charge >= 0.3 is 0 Å². The molecule has 2 aromatic rings. The van der Waals surface area contributed by atoms with Crippen molar-refractivity contribution in [3.05, 3.63) is 53.0 Å². The van der Waals surface area contributed by atoms with Crippen LogP contribution < -0.4 is 4.90 Å². The van der Waals surface area contributed by atoms with Crippen molar-refractivity contribution >= 4 is 5.82 Å². The molecule has 0 aliphatic carbocycles. The molecule has 1 fully saturated rings. The van der Waals surface area contributed by atoms with Crippen molar-refractivity contribution in [1.82, 2.24) is 14.9 Å². The minimum atomic E-state index is -0.532. The molecular weight excluding hydrogens is 322 g/mol. The molecule has 1 aromatic carbocycles. The second-order valence-electron chi connectivity index (χ2n) is 6.53. The Morgan fingerprint density at radius 3 is 2.36 bits per heavy atom. The molecule has 1 aliphatic heterocycles. The Balaban J connectivity index is 1.72. The van der Waals surface area contributed by atoms with Gasteiger partial charge in [0.1, 0.15) is 23.3 Å². The Hall–Kier alpha value is -2.08. The van der Waals surface area contributed by atoms with Gasteiger partial charge in [-0.25, -0.2) is 18.7 Å². The average molecular weight is 346 g/mol. The lowest BCUT2D eigenvalue weighted by atomic mass is 10.0. The van der Waals surface area contributed by atoms with Gasteiger partial charge in [0.2, 0.25) is 0 Å². The zero-order valence-electron chi connectivity index (χ0n) is 15.0. The Kier molecular flexibility index (Phi) is 5.27. The van der Waals surface area contributed by atoms with Gasteiger partial charge in [0, 0.05) is 55.6 Å². The van der Waals surface area contributed by atoms with Crippen LogP contribution in [0.4, 0.5) is 14.6 Å². The third-order valence-corrected chi connectivity index (χ3v) is 4.74. The molecule has 1 aromatic heterocycles. The van der Waals surface area contributed by atoms with Gasteiger partial charge < -0.3 is 4.90 Å². The highest BCUT2D eigenvalue weighted by Crippen LogP contribution is 2.28. The molecule has 1 saturated heterocycles. The summed E-state index contributed by atoms with van der Waals surface area (Å²) in [6.07, 6.45) is 0.786. The fourth-order valence-electron chi connectivity index (χ4n) is 3.57. The van der Waals surface area contributed by atoms with E-state index in [1.807, 2.05) is 26.8 Å². The molecule has 0 saturated carbocycles. The summed E-state index contributed by atoms with van der Waals surface area (Å²) in [4.78, 5) is 13.4. The molecule has 1 unspecified atom stereocenters. The first kappa shape index (κ1) is 17.7. The lowest BCUT2D eigenvalue weighted by molar-refractivity contribution is 0.177. The lowest BCUT2D eigenvalue weighted by Gasteiger charge is -2.39. The maximum atomic E-state index is 14.2. The fourth-order valence-corrected chi connectivity index (χ4v) is 3.57. The maximum absolute atomic E-state index is 14.2. The number of anilines is 1. The molecule has 25 heavy (non-hydrogen) atoms. The normalized spacial score (nSPS) is 16.9. The number of aryl methyl sites for hydroxylation is 2. The molecule has 0 spiro atoms. The van der Waals surface area contributed by atoms with Crippen molar-refractivity contribution in [2.75, 3.05) is 31.1 Å². The summed E-state index contributed by atoms with van der Waals surface area (Å²) in [6.45, 7) is 9.20. The summed E-state index contributed by atoms with van der Waals surface area (Å²) in [5.74, 6) is 0.731. The maximum Gasteiger partial charge on any atom is 0.132 e. The van der Waals surface area contributed by atoms with Crippen LogP contribution in [0.5, 0.6) is 0 Å². The summed E-state index contributed by atoms with van der Waals surface area (Å²) in [5, 5.41) is 0. The molecule has 1 atom stereocenters. The monoisotopic (exact) mass is 346 g/mol. The highest BCUT2D eigenvalue weighted by Gasteiger charge is 2.26. The molecule has 0 amide bonds. The van der Waals surface area contributed by atoms with Crippen molar-refractivity contribution in [2.24, 2.45) is 0 Å². The third kappa shape index (κ3) is 3.95. The van der Waals surface area contributed by atoms with Crippen LogP contribution in [-0.2, 0) is 0 Å². The largest absolute Gasteiger partial charge is 0.354 e. The number of rotatable bonds is 4. The zero-order chi connectivity index (χ0) is 18.0. The Labute approximate surface area is 147 Å². The van der Waals surface area contributed by atoms with Crippen LogP contribution in [0.25, 0.3) is 0 Å². The van der Waals surface area contributed by atoms with E-state index in [1.165, 1.54) is 6.07 Å². The Morgan fingerprint density at radius 2 is 1.76 bits per heavy atom. The van der Waals surface area contributed by atoms with E-state index in [0.717, 1.165) is 56.0 Å². The molecule has 3 rings (SSSR count). The smallest absolute Gasteiger partial charge is 0.132 e. The summed E-state index contributed by atoms with van der Waals surface area (Å²) in [5.41, 5.74) is 1.54. The van der Waals surface area contributed by atoms with Crippen molar-refractivity contribution in [2.45, 2.75) is 33.2 Å². The van der Waals surface area contributed by atoms with Crippen LogP contribution in [0.2, 0.25) is 0 Å². The standard InChI is InChI=1S/C19H24F2N4/c1-4-18(16-6-5-15(20)12-17(16)21)24-7-9-25(10-8-24)19-11-13(2)22-14(3)23-19/h5-6,11-12,18H,4,7-10H2,1-3H3. The fraction of sp³-hybridized carbons (Fsp3) is 0.474. The predicted octanol–water partition coefficient (Wildman–Crippen LogP) is 3.64. The number of piperazine rings is 1. The number of halogens is 2. The van der Waals surface area contributed by atoms with Gasteiger partial charge in [-0.1, -0.05) is 13.0 Å². The summed E-state index contributed by atoms with van der Waals surface area (Å²) in [6, 6.07) is 5.85. The van der Waals surface area contributed by atoms with Gasteiger partial charge in [0.25, 0.3) is 0 Å². The average Bonchev–Trinajstić information content (AvgIpc) is 2.57. The van der Waals surface area contributed by atoms with Crippen molar-refractivity contribution in [1.29, 1.82) is 0 Å². The number of hydrogen-bond acceptors (Lipinski definition) is 4. The van der Waals surface area contributed by atoms with E-state index >= 15 is 0 Å². The van der Waals surface area contributed by atoms with E-state index in [0.29, 0.717) is 5.56 Å². The molecule has 1 aliphatic rings. The molecule has 134 valence electrons. The van der Waals surface area contributed by atoms with E-state index in [-0.39, 0.29) is 6.04 Å². The number of hydrogen-bond donors (Lipinski definition) is 0. The van der Waals surface area contributed by atoms with E-state index in [4.69, 9.17) is 0 Å². The van der Waals surface area contributed by atoms with E-state index in [1.54, 1.807) is 6.07 Å². The lowest BCUT2D eigenvalue weighted by Crippen LogP contribution is -2.48. The van der Waals surface area contributed by atoms with Crippen LogP contribution in [0.3, 0.4) is 0 Å². The zero-order valence-corrected chi connectivity index (χ0v) is 15.0. The van der Waals surface area contributed by atoms with Gasteiger partial charge in [-0.2, -0.15) is 0 Å². The predicted molar refractivity (Wildman–Crippen MR) is 94.7 cm³/mol. The summed E-state index contributed by atoms with van der Waals surface area (Å²) < 4.78 is 27.4. The number of nitrogens with zero attached hydrogens (tertiary/aromatic N) is 4. The highest BCUT2D eigenvalue weighted by molar-refractivity contribution is 5.40. The van der Waals surface area contributed by atoms with Crippen LogP contribution in [-0.4, -0.2) is 41.0 Å². The van der Waals surface area contributed by atoms with Gasteiger partial charge in [0.05, 0.1) is 0 Å². The summed E-state index contributed by atoms with van der Waals surface area (Å²) >= 11 is 0. The number of aromatic nitrogens is 2. The van der Waals surface area contributed by atoms with E-state index < -0.39 is 11.6 Å². The number of benzene rings is 1. The van der Waals surface area contributed by atoms with E-state index in [9.17, 15) is 8.78 Å². The van der Waals surface area contributed by atoms with Gasteiger partial charge in [-0.3, -0.25) is 4.90 Å². The first-order valence-corrected chi connectivity index (χ1v) is 8.74. The molecular formula is C19H24F2N4. The minimum Gasteiger partial charge on any atom is -0.354 e. The van der Waals surface area contributed by atoms with Crippen molar-refractivity contribution in [3.63, 3.8) is 0 Å². The van der Waals surface area contributed by atoms with Crippen LogP contribution >= 0.6 is 0 Å². The first-order chi connectivity index (χ1) is 12.0. The van der Waals surface area contributed by atoms with Crippen LogP contribution in [0.1, 0.15) is 36.5 Å². The Bertz CT molecular complexity index is 722. The van der Waals surface area contributed by atoms with Crippen molar-refractivity contribution in [3.8, 4) is 0 Å². The van der Waals surface area contributed by atoms with Gasteiger partial charge in [-0.05, 0) is 26.3 Å². The molecule has 6 heteroatoms. The molecule has 0 bridgehead atoms. The quantitative estimate of drug-likeness (QED) is 0.846. The van der Waals surface area contributed by atoms with Crippen molar-refractivity contribution < 1.29 is 8.78 Å². The topological polar surface area (TPSA) is 32.3 Å². The van der Waals surface area contributed by atoms with Crippen LogP contribution in [0, 0.1) is 25.5 Å². The minimum absolute atomic E-state index is 0.0309. The first-order valence-electron chi connectivity index (χ1n) is 8.74. The SMILES string of the molecule is CCC(c1ccc(F)cc1F)N1CCN(c2cc(C)nc(C)n2)CC1. The van der Waals surface area contributed by atoms with E-state index in [2.05, 4.69) is 19.8 Å². The van der Waals surface area contributed by atoms with Gasteiger partial charge in [-0.15, -0.1) is 0 Å². The third-order valence-electron chi connectivity index (χ3n) is 4.74. The molecule has 0 N–H and O–H groups in total. The van der Waals surface area contributed by atoms with Crippen LogP contribution in [0.15, 0.2) is 24.3 Å². The highest BCUT2D eigenvalue weighted by atomic mass is 19.1. The second kappa shape index (κ2) is 7.44. The second-order valence-corrected chi connectivity index (χ2v) is 6.53. The summed E-state index contributed by atoms with van der Waals surface area (Å²) in [7, 11) is 0. The molecule has 2 heterocycles.